The summed E-state index contributed by atoms with van der Waals surface area (Å²) in [6, 6.07) is 15.7. The Hall–Kier alpha value is -3.35. The van der Waals surface area contributed by atoms with Crippen molar-refractivity contribution in [1.29, 1.82) is 0 Å². The van der Waals surface area contributed by atoms with Gasteiger partial charge < -0.3 is 30.1 Å². The van der Waals surface area contributed by atoms with Crippen molar-refractivity contribution in [2.75, 3.05) is 38.6 Å². The van der Waals surface area contributed by atoms with Crippen LogP contribution in [0.15, 0.2) is 64.0 Å². The molecule has 2 fully saturated rings. The Morgan fingerprint density at radius 2 is 1.76 bits per heavy atom. The predicted molar refractivity (Wildman–Crippen MR) is 144 cm³/mol. The molecule has 4 N–H and O–H groups in total. The molecule has 196 valence electrons. The lowest BCUT2D eigenvalue weighted by Crippen LogP contribution is -2.38. The van der Waals surface area contributed by atoms with Crippen LogP contribution in [0.1, 0.15) is 24.4 Å². The van der Waals surface area contributed by atoms with Gasteiger partial charge in [0.15, 0.2) is 16.4 Å². The molecule has 2 aliphatic rings. The number of rotatable bonds is 6. The van der Waals surface area contributed by atoms with Crippen LogP contribution in [-0.4, -0.2) is 62.8 Å². The molecule has 10 nitrogen and oxygen atoms in total. The van der Waals surface area contributed by atoms with Gasteiger partial charge in [-0.2, -0.15) is 0 Å². The van der Waals surface area contributed by atoms with Crippen molar-refractivity contribution >= 4 is 17.0 Å². The van der Waals surface area contributed by atoms with Crippen molar-refractivity contribution in [3.05, 3.63) is 60.3 Å². The minimum atomic E-state index is -1.05. The second kappa shape index (κ2) is 11.2. The first-order chi connectivity index (χ1) is 18.7. The molecule has 2 saturated heterocycles. The molecule has 4 aromatic rings. The molecule has 3 unspecified atom stereocenters. The van der Waals surface area contributed by atoms with Crippen LogP contribution in [0.5, 0.6) is 0 Å². The predicted octanol–water partition coefficient (Wildman–Crippen LogP) is 2.96. The van der Waals surface area contributed by atoms with Gasteiger partial charge in [0.2, 0.25) is 5.89 Å². The second-order valence-electron chi connectivity index (χ2n) is 9.40. The number of benzene rings is 2. The molecular weight excluding hydrogens is 502 g/mol. The van der Waals surface area contributed by atoms with Crippen LogP contribution in [-0.2, 0) is 15.9 Å². The van der Waals surface area contributed by atoms with Gasteiger partial charge in [-0.25, -0.2) is 9.97 Å². The van der Waals surface area contributed by atoms with Crippen LogP contribution in [0.25, 0.3) is 34.3 Å². The van der Waals surface area contributed by atoms with Gasteiger partial charge in [-0.1, -0.05) is 12.1 Å². The summed E-state index contributed by atoms with van der Waals surface area (Å²) in [6.07, 6.45) is 3.63. The van der Waals surface area contributed by atoms with Crippen LogP contribution in [0.4, 0.5) is 5.82 Å². The molecule has 6 rings (SSSR count). The molecule has 2 aromatic carbocycles. The smallest absolute Gasteiger partial charge is 0.270 e. The Bertz CT molecular complexity index is 1370. The number of morpholine rings is 1. The molecule has 2 aromatic heterocycles. The van der Waals surface area contributed by atoms with Crippen molar-refractivity contribution in [3.63, 3.8) is 0 Å². The van der Waals surface area contributed by atoms with Crippen LogP contribution in [0.3, 0.4) is 0 Å². The molecule has 0 bridgehead atoms. The van der Waals surface area contributed by atoms with E-state index in [1.165, 1.54) is 0 Å². The molecule has 0 amide bonds. The number of piperidine rings is 1. The Balaban J connectivity index is 1.20. The number of nitrogen functional groups attached to an aromatic ring is 1. The van der Waals surface area contributed by atoms with Crippen LogP contribution in [0.2, 0.25) is 0 Å². The molecule has 2 aliphatic heterocycles. The molecule has 0 aliphatic carbocycles. The lowest BCUT2D eigenvalue weighted by molar-refractivity contribution is 0.0769. The number of hydrogen-bond acceptors (Lipinski definition) is 10. The summed E-state index contributed by atoms with van der Waals surface area (Å²) in [5.41, 5.74) is 9.83. The zero-order chi connectivity index (χ0) is 25.9. The van der Waals surface area contributed by atoms with Gasteiger partial charge in [-0.3, -0.25) is 0 Å². The van der Waals surface area contributed by atoms with Crippen LogP contribution in [0, 0.1) is 0 Å². The first kappa shape index (κ1) is 25.0. The summed E-state index contributed by atoms with van der Waals surface area (Å²) in [6.45, 7) is 3.99. The van der Waals surface area contributed by atoms with E-state index in [0.29, 0.717) is 23.9 Å². The first-order valence-electron chi connectivity index (χ1n) is 12.8. The van der Waals surface area contributed by atoms with E-state index in [2.05, 4.69) is 30.8 Å². The van der Waals surface area contributed by atoms with E-state index in [0.717, 1.165) is 60.7 Å². The molecule has 3 atom stereocenters. The highest BCUT2D eigenvalue weighted by Crippen LogP contribution is 2.30. The van der Waals surface area contributed by atoms with Crippen molar-refractivity contribution in [3.8, 4) is 34.3 Å². The van der Waals surface area contributed by atoms with Crippen molar-refractivity contribution < 1.29 is 13.7 Å². The molecular formula is C27H29N7O3S. The van der Waals surface area contributed by atoms with Gasteiger partial charge in [0.1, 0.15) is 5.25 Å². The summed E-state index contributed by atoms with van der Waals surface area (Å²) in [5.74, 6) is 0.765. The number of hydrogen-bond donors (Lipinski definition) is 3. The van der Waals surface area contributed by atoms with E-state index >= 15 is 0 Å². The van der Waals surface area contributed by atoms with Gasteiger partial charge >= 0.3 is 0 Å². The SMILES string of the molecule is Nc1ncc(-c2ccc([S+]([O-])C3CCCNC3)cc2)nc1-c1nnc(-c2ccc(C3COCCN3)cc2)o1. The third kappa shape index (κ3) is 5.29. The summed E-state index contributed by atoms with van der Waals surface area (Å²) >= 11 is -1.05. The summed E-state index contributed by atoms with van der Waals surface area (Å²) in [5, 5.41) is 15.3. The average Bonchev–Trinajstić information content (AvgIpc) is 3.48. The topological polar surface area (TPSA) is 147 Å². The Labute approximate surface area is 223 Å². The van der Waals surface area contributed by atoms with Crippen LogP contribution < -0.4 is 16.4 Å². The first-order valence-corrected chi connectivity index (χ1v) is 14.0. The fraction of sp³-hybridized carbons (Fsp3) is 0.333. The maximum Gasteiger partial charge on any atom is 0.270 e. The Morgan fingerprint density at radius 1 is 0.974 bits per heavy atom. The third-order valence-electron chi connectivity index (χ3n) is 6.85. The molecule has 4 heterocycles. The normalized spacial score (nSPS) is 20.8. The van der Waals surface area contributed by atoms with Crippen molar-refractivity contribution in [2.24, 2.45) is 0 Å². The highest BCUT2D eigenvalue weighted by Gasteiger charge is 2.27. The quantitative estimate of drug-likeness (QED) is 0.317. The fourth-order valence-electron chi connectivity index (χ4n) is 4.72. The van der Waals surface area contributed by atoms with E-state index in [1.54, 1.807) is 6.20 Å². The lowest BCUT2D eigenvalue weighted by Gasteiger charge is -2.25. The van der Waals surface area contributed by atoms with Gasteiger partial charge in [0.05, 0.1) is 31.1 Å². The zero-order valence-electron chi connectivity index (χ0n) is 20.8. The average molecular weight is 532 g/mol. The van der Waals surface area contributed by atoms with Crippen molar-refractivity contribution in [2.45, 2.75) is 29.0 Å². The Kier molecular flexibility index (Phi) is 7.34. The van der Waals surface area contributed by atoms with E-state index in [-0.39, 0.29) is 23.0 Å². The fourth-order valence-corrected chi connectivity index (χ4v) is 6.16. The number of nitrogens with one attached hydrogen (secondary N) is 2. The van der Waals surface area contributed by atoms with Crippen LogP contribution >= 0.6 is 0 Å². The summed E-state index contributed by atoms with van der Waals surface area (Å²) in [7, 11) is 0. The highest BCUT2D eigenvalue weighted by molar-refractivity contribution is 7.92. The molecule has 38 heavy (non-hydrogen) atoms. The number of nitrogens with two attached hydrogens (primary N) is 1. The summed E-state index contributed by atoms with van der Waals surface area (Å²) < 4.78 is 24.4. The van der Waals surface area contributed by atoms with E-state index < -0.39 is 11.2 Å². The van der Waals surface area contributed by atoms with Gasteiger partial charge in [-0.05, 0) is 72.5 Å². The van der Waals surface area contributed by atoms with E-state index in [4.69, 9.17) is 14.9 Å². The second-order valence-corrected chi connectivity index (χ2v) is 11.1. The summed E-state index contributed by atoms with van der Waals surface area (Å²) in [4.78, 5) is 9.79. The number of ether oxygens (including phenoxy) is 1. The maximum atomic E-state index is 12.9. The molecule has 0 spiro atoms. The van der Waals surface area contributed by atoms with Gasteiger partial charge in [0.25, 0.3) is 5.89 Å². The standard InChI is InChI=1S/C27H29N7O3S/c28-25-24(27-34-33-26(37-27)19-5-3-18(4-6-19)23-16-36-13-12-30-23)32-22(15-31-25)17-7-9-20(10-8-17)38(35)21-2-1-11-29-14-21/h3-10,15,21,23,29-30H,1-2,11-14,16H2,(H2,28,31). The van der Waals surface area contributed by atoms with Gasteiger partial charge in [0, 0.05) is 24.2 Å². The highest BCUT2D eigenvalue weighted by atomic mass is 32.2. The van der Waals surface area contributed by atoms with Gasteiger partial charge in [-0.15, -0.1) is 10.2 Å². The molecule has 0 radical (unpaired) electrons. The minimum absolute atomic E-state index is 0.137. The van der Waals surface area contributed by atoms with Crippen molar-refractivity contribution in [1.82, 2.24) is 30.8 Å². The third-order valence-corrected chi connectivity index (χ3v) is 8.59. The Morgan fingerprint density at radius 3 is 2.50 bits per heavy atom. The number of anilines is 1. The molecule has 11 heteroatoms. The molecule has 0 saturated carbocycles. The monoisotopic (exact) mass is 531 g/mol. The number of nitrogens with zero attached hydrogens (tertiary/aromatic N) is 4. The largest absolute Gasteiger partial charge is 0.611 e. The zero-order valence-corrected chi connectivity index (χ0v) is 21.6. The minimum Gasteiger partial charge on any atom is -0.611 e. The maximum absolute atomic E-state index is 12.9. The number of aromatic nitrogens is 4. The van der Waals surface area contributed by atoms with E-state index in [1.807, 2.05) is 48.5 Å². The van der Waals surface area contributed by atoms with E-state index in [9.17, 15) is 4.55 Å². The lowest BCUT2D eigenvalue weighted by atomic mass is 10.0.